The van der Waals surface area contributed by atoms with Crippen molar-refractivity contribution < 1.29 is 4.79 Å². The first-order chi connectivity index (χ1) is 10.1. The summed E-state index contributed by atoms with van der Waals surface area (Å²) < 4.78 is 0. The summed E-state index contributed by atoms with van der Waals surface area (Å²) in [6, 6.07) is 0. The van der Waals surface area contributed by atoms with Crippen LogP contribution in [0.3, 0.4) is 0 Å². The van der Waals surface area contributed by atoms with Gasteiger partial charge in [0.25, 0.3) is 0 Å². The van der Waals surface area contributed by atoms with E-state index in [0.717, 1.165) is 49.4 Å². The van der Waals surface area contributed by atoms with Gasteiger partial charge in [-0.25, -0.2) is 0 Å². The van der Waals surface area contributed by atoms with Crippen LogP contribution in [0.5, 0.6) is 0 Å². The summed E-state index contributed by atoms with van der Waals surface area (Å²) in [5.74, 6) is 4.40. The summed E-state index contributed by atoms with van der Waals surface area (Å²) in [5.41, 5.74) is 0.377. The molecule has 1 atom stereocenters. The third-order valence-corrected chi connectivity index (χ3v) is 6.69. The summed E-state index contributed by atoms with van der Waals surface area (Å²) in [5, 5.41) is 3.16. The van der Waals surface area contributed by atoms with E-state index in [0.29, 0.717) is 17.2 Å². The molecule has 4 rings (SSSR count). The van der Waals surface area contributed by atoms with Crippen LogP contribution < -0.4 is 5.32 Å². The molecule has 4 aliphatic carbocycles. The standard InChI is InChI=1S/C18H30ClNO/c1-13(12-19)3-2-4-20-17(21)11-18-8-14-5-15(9-18)7-16(6-14)10-18/h13-16H,2-12H2,1H3,(H,20,21). The Morgan fingerprint density at radius 2 is 1.76 bits per heavy atom. The second-order valence-corrected chi connectivity index (χ2v) is 8.65. The highest BCUT2D eigenvalue weighted by Gasteiger charge is 2.51. The molecule has 0 aliphatic heterocycles. The maximum absolute atomic E-state index is 12.3. The van der Waals surface area contributed by atoms with Crippen LogP contribution in [0.15, 0.2) is 0 Å². The Balaban J connectivity index is 1.43. The number of halogens is 1. The molecule has 2 nitrogen and oxygen atoms in total. The van der Waals surface area contributed by atoms with E-state index >= 15 is 0 Å². The van der Waals surface area contributed by atoms with Gasteiger partial charge >= 0.3 is 0 Å². The molecule has 1 unspecified atom stereocenters. The first-order valence-electron chi connectivity index (χ1n) is 8.91. The number of nitrogens with one attached hydrogen (secondary N) is 1. The van der Waals surface area contributed by atoms with Gasteiger partial charge in [0.05, 0.1) is 0 Å². The smallest absolute Gasteiger partial charge is 0.220 e. The van der Waals surface area contributed by atoms with Gasteiger partial charge in [0, 0.05) is 18.8 Å². The topological polar surface area (TPSA) is 29.1 Å². The first kappa shape index (κ1) is 15.6. The molecule has 0 aromatic rings. The molecule has 0 saturated heterocycles. The van der Waals surface area contributed by atoms with Crippen molar-refractivity contribution in [2.75, 3.05) is 12.4 Å². The average Bonchev–Trinajstić information content (AvgIpc) is 2.41. The molecule has 1 amide bonds. The van der Waals surface area contributed by atoms with Crippen molar-refractivity contribution in [2.45, 2.75) is 64.7 Å². The van der Waals surface area contributed by atoms with E-state index in [1.165, 1.54) is 38.5 Å². The van der Waals surface area contributed by atoms with Gasteiger partial charge in [-0.2, -0.15) is 0 Å². The molecule has 4 saturated carbocycles. The lowest BCUT2D eigenvalue weighted by Crippen LogP contribution is -2.48. The fraction of sp³-hybridized carbons (Fsp3) is 0.944. The minimum absolute atomic E-state index is 0.301. The van der Waals surface area contributed by atoms with Crippen molar-refractivity contribution in [3.8, 4) is 0 Å². The molecule has 4 fully saturated rings. The summed E-state index contributed by atoms with van der Waals surface area (Å²) in [6.45, 7) is 3.00. The summed E-state index contributed by atoms with van der Waals surface area (Å²) in [7, 11) is 0. The number of hydrogen-bond acceptors (Lipinski definition) is 1. The lowest BCUT2D eigenvalue weighted by molar-refractivity contribution is -0.129. The quantitative estimate of drug-likeness (QED) is 0.549. The third-order valence-electron chi connectivity index (χ3n) is 6.16. The van der Waals surface area contributed by atoms with Crippen LogP contribution in [0, 0.1) is 29.1 Å². The van der Waals surface area contributed by atoms with Gasteiger partial charge in [0.1, 0.15) is 0 Å². The Morgan fingerprint density at radius 3 is 2.29 bits per heavy atom. The number of carbonyl (C=O) groups excluding carboxylic acids is 1. The van der Waals surface area contributed by atoms with E-state index in [9.17, 15) is 4.79 Å². The Morgan fingerprint density at radius 1 is 1.19 bits per heavy atom. The zero-order valence-corrected chi connectivity index (χ0v) is 14.1. The van der Waals surface area contributed by atoms with Crippen molar-refractivity contribution in [3.63, 3.8) is 0 Å². The van der Waals surface area contributed by atoms with Gasteiger partial charge < -0.3 is 5.32 Å². The number of hydrogen-bond donors (Lipinski definition) is 1. The number of carbonyl (C=O) groups is 1. The third kappa shape index (κ3) is 3.75. The van der Waals surface area contributed by atoms with E-state index in [1.54, 1.807) is 0 Å². The Hall–Kier alpha value is -0.240. The molecular formula is C18H30ClNO. The van der Waals surface area contributed by atoms with Crippen LogP contribution in [-0.4, -0.2) is 18.3 Å². The van der Waals surface area contributed by atoms with Crippen LogP contribution in [0.2, 0.25) is 0 Å². The van der Waals surface area contributed by atoms with E-state index < -0.39 is 0 Å². The predicted molar refractivity (Wildman–Crippen MR) is 87.3 cm³/mol. The summed E-state index contributed by atoms with van der Waals surface area (Å²) in [4.78, 5) is 12.3. The Labute approximate surface area is 134 Å². The molecular weight excluding hydrogens is 282 g/mol. The van der Waals surface area contributed by atoms with Gasteiger partial charge in [-0.3, -0.25) is 4.79 Å². The average molecular weight is 312 g/mol. The molecule has 0 aromatic heterocycles. The molecule has 0 aromatic carbocycles. The normalized spacial score (nSPS) is 38.5. The van der Waals surface area contributed by atoms with Gasteiger partial charge in [0.15, 0.2) is 0 Å². The number of rotatable bonds is 7. The minimum atomic E-state index is 0.301. The maximum atomic E-state index is 12.3. The molecule has 1 N–H and O–H groups in total. The fourth-order valence-corrected chi connectivity index (χ4v) is 5.82. The highest BCUT2D eigenvalue weighted by molar-refractivity contribution is 6.18. The van der Waals surface area contributed by atoms with Gasteiger partial charge in [-0.15, -0.1) is 11.6 Å². The highest BCUT2D eigenvalue weighted by atomic mass is 35.5. The molecule has 4 aliphatic rings. The molecule has 120 valence electrons. The molecule has 3 heteroatoms. The number of alkyl halides is 1. The zero-order chi connectivity index (χ0) is 14.9. The van der Waals surface area contributed by atoms with Gasteiger partial charge in [-0.1, -0.05) is 6.92 Å². The van der Waals surface area contributed by atoms with E-state index in [-0.39, 0.29) is 0 Å². The maximum Gasteiger partial charge on any atom is 0.220 e. The van der Waals surface area contributed by atoms with Crippen LogP contribution in [0.4, 0.5) is 0 Å². The Bertz CT molecular complexity index is 346. The van der Waals surface area contributed by atoms with E-state index in [1.807, 2.05) is 0 Å². The van der Waals surface area contributed by atoms with E-state index in [2.05, 4.69) is 12.2 Å². The Kier molecular flexibility index (Phi) is 4.83. The molecule has 4 bridgehead atoms. The van der Waals surface area contributed by atoms with Crippen molar-refractivity contribution >= 4 is 17.5 Å². The van der Waals surface area contributed by atoms with E-state index in [4.69, 9.17) is 11.6 Å². The van der Waals surface area contributed by atoms with Gasteiger partial charge in [0.2, 0.25) is 5.91 Å². The van der Waals surface area contributed by atoms with Crippen molar-refractivity contribution in [3.05, 3.63) is 0 Å². The molecule has 21 heavy (non-hydrogen) atoms. The van der Waals surface area contributed by atoms with Crippen LogP contribution >= 0.6 is 11.6 Å². The predicted octanol–water partition coefficient (Wildman–Crippen LogP) is 4.36. The second-order valence-electron chi connectivity index (χ2n) is 8.35. The van der Waals surface area contributed by atoms with Crippen molar-refractivity contribution in [1.82, 2.24) is 5.32 Å². The fourth-order valence-electron chi connectivity index (χ4n) is 5.67. The molecule has 0 radical (unpaired) electrons. The monoisotopic (exact) mass is 311 g/mol. The highest BCUT2D eigenvalue weighted by Crippen LogP contribution is 2.61. The lowest BCUT2D eigenvalue weighted by atomic mass is 9.49. The van der Waals surface area contributed by atoms with Crippen LogP contribution in [0.25, 0.3) is 0 Å². The van der Waals surface area contributed by atoms with Crippen molar-refractivity contribution in [2.24, 2.45) is 29.1 Å². The van der Waals surface area contributed by atoms with Crippen LogP contribution in [-0.2, 0) is 4.79 Å². The van der Waals surface area contributed by atoms with Crippen LogP contribution in [0.1, 0.15) is 64.7 Å². The molecule has 0 spiro atoms. The van der Waals surface area contributed by atoms with Gasteiger partial charge in [-0.05, 0) is 80.5 Å². The number of amides is 1. The SMILES string of the molecule is CC(CCl)CCCNC(=O)CC12CC3CC(CC(C3)C1)C2. The van der Waals surface area contributed by atoms with Crippen molar-refractivity contribution in [1.29, 1.82) is 0 Å². The summed E-state index contributed by atoms with van der Waals surface area (Å²) in [6.07, 6.45) is 11.3. The zero-order valence-electron chi connectivity index (χ0n) is 13.4. The summed E-state index contributed by atoms with van der Waals surface area (Å²) >= 11 is 5.81. The minimum Gasteiger partial charge on any atom is -0.356 e. The second kappa shape index (κ2) is 6.48. The lowest BCUT2D eigenvalue weighted by Gasteiger charge is -2.56. The molecule has 0 heterocycles. The largest absolute Gasteiger partial charge is 0.356 e. The first-order valence-corrected chi connectivity index (χ1v) is 9.45.